The van der Waals surface area contributed by atoms with Gasteiger partial charge in [0.25, 0.3) is 5.69 Å². The summed E-state index contributed by atoms with van der Waals surface area (Å²) in [6.45, 7) is 1.90. The summed E-state index contributed by atoms with van der Waals surface area (Å²) >= 11 is 0. The van der Waals surface area contributed by atoms with Crippen LogP contribution in [0.4, 0.5) is 11.4 Å². The molecule has 1 heterocycles. The lowest BCUT2D eigenvalue weighted by molar-refractivity contribution is -0.384. The number of aryl methyl sites for hydroxylation is 1. The lowest BCUT2D eigenvalue weighted by Crippen LogP contribution is -2.40. The topological polar surface area (TPSA) is 107 Å². The summed E-state index contributed by atoms with van der Waals surface area (Å²) < 4.78 is 4.82. The number of imide groups is 1. The van der Waals surface area contributed by atoms with Crippen molar-refractivity contribution in [1.29, 1.82) is 0 Å². The Bertz CT molecular complexity index is 1010. The normalized spacial score (nSPS) is 25.4. The zero-order chi connectivity index (χ0) is 20.2. The van der Waals surface area contributed by atoms with Crippen molar-refractivity contribution in [2.24, 2.45) is 11.8 Å². The number of nitrogens with zero attached hydrogens (tertiary/aromatic N) is 2. The molecule has 0 aromatic heterocycles. The third kappa shape index (κ3) is 2.20. The van der Waals surface area contributed by atoms with Crippen molar-refractivity contribution in [2.45, 2.75) is 12.3 Å². The van der Waals surface area contributed by atoms with Gasteiger partial charge in [-0.25, -0.2) is 4.90 Å². The van der Waals surface area contributed by atoms with Crippen LogP contribution >= 0.6 is 0 Å². The van der Waals surface area contributed by atoms with Crippen molar-refractivity contribution < 1.29 is 24.0 Å². The second kappa shape index (κ2) is 5.98. The Morgan fingerprint density at radius 3 is 2.25 bits per heavy atom. The quantitative estimate of drug-likeness (QED) is 0.348. The standard InChI is InChI=1S/C20H16N2O6/c1-11-3-5-12(6-4-11)20-15(16(20)18(24)28-2)17(23)21(19(20)25)13-7-9-14(10-8-13)22(26)27/h3-10,15-16H,1-2H3. The average molecular weight is 380 g/mol. The second-order valence-corrected chi connectivity index (χ2v) is 6.97. The number of piperidine rings is 1. The summed E-state index contributed by atoms with van der Waals surface area (Å²) in [5.74, 6) is -3.33. The molecule has 2 aromatic rings. The van der Waals surface area contributed by atoms with Crippen molar-refractivity contribution in [3.8, 4) is 0 Å². The van der Waals surface area contributed by atoms with E-state index in [2.05, 4.69) is 0 Å². The van der Waals surface area contributed by atoms with Gasteiger partial charge in [0.15, 0.2) is 0 Å². The van der Waals surface area contributed by atoms with Crippen LogP contribution in [0.25, 0.3) is 0 Å². The number of rotatable bonds is 4. The molecule has 1 aliphatic carbocycles. The van der Waals surface area contributed by atoms with E-state index in [1.54, 1.807) is 12.1 Å². The highest BCUT2D eigenvalue weighted by atomic mass is 16.6. The fourth-order valence-corrected chi connectivity index (χ4v) is 4.14. The molecule has 142 valence electrons. The van der Waals surface area contributed by atoms with Gasteiger partial charge in [-0.1, -0.05) is 29.8 Å². The molecule has 1 aliphatic heterocycles. The van der Waals surface area contributed by atoms with Crippen LogP contribution in [0.2, 0.25) is 0 Å². The fraction of sp³-hybridized carbons (Fsp3) is 0.250. The van der Waals surface area contributed by atoms with E-state index in [1.165, 1.54) is 31.4 Å². The molecular formula is C20H16N2O6. The van der Waals surface area contributed by atoms with Gasteiger partial charge >= 0.3 is 5.97 Å². The van der Waals surface area contributed by atoms with Gasteiger partial charge in [0.2, 0.25) is 11.8 Å². The first kappa shape index (κ1) is 17.8. The number of hydrogen-bond acceptors (Lipinski definition) is 6. The number of methoxy groups -OCH3 is 1. The summed E-state index contributed by atoms with van der Waals surface area (Å²) in [6.07, 6.45) is 0. The van der Waals surface area contributed by atoms with Crippen LogP contribution < -0.4 is 4.90 Å². The van der Waals surface area contributed by atoms with Gasteiger partial charge in [0, 0.05) is 12.1 Å². The van der Waals surface area contributed by atoms with Crippen LogP contribution in [0.3, 0.4) is 0 Å². The minimum atomic E-state index is -1.29. The molecule has 2 aliphatic rings. The maximum Gasteiger partial charge on any atom is 0.310 e. The molecule has 0 bridgehead atoms. The van der Waals surface area contributed by atoms with Crippen molar-refractivity contribution >= 4 is 29.2 Å². The van der Waals surface area contributed by atoms with Gasteiger partial charge in [0.05, 0.1) is 29.6 Å². The number of fused-ring (bicyclic) bond motifs is 1. The molecule has 2 amide bonds. The number of esters is 1. The number of hydrogen-bond donors (Lipinski definition) is 0. The highest BCUT2D eigenvalue weighted by Crippen LogP contribution is 2.66. The van der Waals surface area contributed by atoms with Gasteiger partial charge in [0.1, 0.15) is 5.41 Å². The van der Waals surface area contributed by atoms with E-state index < -0.39 is 40.0 Å². The number of nitro groups is 1. The molecule has 1 saturated carbocycles. The largest absolute Gasteiger partial charge is 0.469 e. The molecule has 0 spiro atoms. The number of non-ortho nitro benzene ring substituents is 1. The number of amides is 2. The molecule has 8 heteroatoms. The number of nitro benzene ring substituents is 1. The smallest absolute Gasteiger partial charge is 0.310 e. The Hall–Kier alpha value is -3.55. The average Bonchev–Trinajstić information content (AvgIpc) is 3.33. The van der Waals surface area contributed by atoms with Crippen LogP contribution in [0.5, 0.6) is 0 Å². The predicted molar refractivity (Wildman–Crippen MR) is 97.4 cm³/mol. The van der Waals surface area contributed by atoms with Gasteiger partial charge in [-0.15, -0.1) is 0 Å². The van der Waals surface area contributed by atoms with Crippen molar-refractivity contribution in [3.05, 3.63) is 69.8 Å². The number of carbonyl (C=O) groups is 3. The minimum absolute atomic E-state index is 0.145. The number of anilines is 1. The molecule has 1 saturated heterocycles. The molecule has 28 heavy (non-hydrogen) atoms. The Morgan fingerprint density at radius 2 is 1.71 bits per heavy atom. The first-order valence-electron chi connectivity index (χ1n) is 8.62. The lowest BCUT2D eigenvalue weighted by Gasteiger charge is -2.22. The Labute approximate surface area is 159 Å². The van der Waals surface area contributed by atoms with Gasteiger partial charge < -0.3 is 4.74 Å². The van der Waals surface area contributed by atoms with Crippen molar-refractivity contribution in [3.63, 3.8) is 0 Å². The molecule has 8 nitrogen and oxygen atoms in total. The maximum absolute atomic E-state index is 13.4. The molecule has 3 unspecified atom stereocenters. The zero-order valence-electron chi connectivity index (χ0n) is 15.1. The summed E-state index contributed by atoms with van der Waals surface area (Å²) in [6, 6.07) is 12.3. The fourth-order valence-electron chi connectivity index (χ4n) is 4.14. The second-order valence-electron chi connectivity index (χ2n) is 6.97. The van der Waals surface area contributed by atoms with E-state index in [1.807, 2.05) is 19.1 Å². The third-order valence-electron chi connectivity index (χ3n) is 5.55. The van der Waals surface area contributed by atoms with Gasteiger partial charge in [-0.2, -0.15) is 0 Å². The zero-order valence-corrected chi connectivity index (χ0v) is 15.1. The highest BCUT2D eigenvalue weighted by Gasteiger charge is 2.83. The van der Waals surface area contributed by atoms with Crippen LogP contribution in [0, 0.1) is 28.9 Å². The lowest BCUT2D eigenvalue weighted by atomic mass is 9.91. The molecule has 2 fully saturated rings. The molecule has 2 aromatic carbocycles. The monoisotopic (exact) mass is 380 g/mol. The molecular weight excluding hydrogens is 364 g/mol. The number of benzene rings is 2. The van der Waals surface area contributed by atoms with E-state index in [4.69, 9.17) is 4.74 Å². The molecule has 0 radical (unpaired) electrons. The summed E-state index contributed by atoms with van der Waals surface area (Å²) in [5, 5.41) is 10.8. The van der Waals surface area contributed by atoms with E-state index in [0.717, 1.165) is 10.5 Å². The molecule has 3 atom stereocenters. The summed E-state index contributed by atoms with van der Waals surface area (Å²) in [5.41, 5.74) is 0.369. The third-order valence-corrected chi connectivity index (χ3v) is 5.55. The highest BCUT2D eigenvalue weighted by molar-refractivity contribution is 6.31. The van der Waals surface area contributed by atoms with Crippen LogP contribution in [-0.4, -0.2) is 29.8 Å². The van der Waals surface area contributed by atoms with Crippen LogP contribution in [0.15, 0.2) is 48.5 Å². The predicted octanol–water partition coefficient (Wildman–Crippen LogP) is 2.13. The molecule has 4 rings (SSSR count). The van der Waals surface area contributed by atoms with Crippen LogP contribution in [-0.2, 0) is 24.5 Å². The van der Waals surface area contributed by atoms with Crippen LogP contribution in [0.1, 0.15) is 11.1 Å². The van der Waals surface area contributed by atoms with E-state index in [-0.39, 0.29) is 11.4 Å². The minimum Gasteiger partial charge on any atom is -0.469 e. The van der Waals surface area contributed by atoms with E-state index in [9.17, 15) is 24.5 Å². The maximum atomic E-state index is 13.4. The summed E-state index contributed by atoms with van der Waals surface area (Å²) in [4.78, 5) is 50.0. The first-order valence-corrected chi connectivity index (χ1v) is 8.62. The van der Waals surface area contributed by atoms with Crippen molar-refractivity contribution in [2.75, 3.05) is 12.0 Å². The van der Waals surface area contributed by atoms with E-state index >= 15 is 0 Å². The number of carbonyl (C=O) groups excluding carboxylic acids is 3. The van der Waals surface area contributed by atoms with Gasteiger partial charge in [-0.3, -0.25) is 24.5 Å². The Kier molecular flexibility index (Phi) is 3.81. The van der Waals surface area contributed by atoms with E-state index in [0.29, 0.717) is 5.56 Å². The number of ether oxygens (including phenoxy) is 1. The van der Waals surface area contributed by atoms with Gasteiger partial charge in [-0.05, 0) is 24.6 Å². The SMILES string of the molecule is COC(=O)C1C2C(=O)N(c3ccc([N+](=O)[O-])cc3)C(=O)C12c1ccc(C)cc1. The van der Waals surface area contributed by atoms with Crippen molar-refractivity contribution in [1.82, 2.24) is 0 Å². The summed E-state index contributed by atoms with van der Waals surface area (Å²) in [7, 11) is 1.22. The first-order chi connectivity index (χ1) is 13.3. The Morgan fingerprint density at radius 1 is 1.11 bits per heavy atom. The Balaban J connectivity index is 1.78. The molecule has 0 N–H and O–H groups in total.